The van der Waals surface area contributed by atoms with Gasteiger partial charge in [-0.3, -0.25) is 14.4 Å². The molecule has 0 spiro atoms. The summed E-state index contributed by atoms with van der Waals surface area (Å²) >= 11 is 6.32. The lowest BCUT2D eigenvalue weighted by Gasteiger charge is -2.47. The molecule has 2 saturated heterocycles. The van der Waals surface area contributed by atoms with Gasteiger partial charge < -0.3 is 51.0 Å². The summed E-state index contributed by atoms with van der Waals surface area (Å²) in [6, 6.07) is 8.33. The molecule has 0 saturated carbocycles. The largest absolute Gasteiger partial charge is 0.506 e. The number of carbonyl (C=O) groups is 4. The van der Waals surface area contributed by atoms with Crippen molar-refractivity contribution in [2.75, 3.05) is 19.8 Å². The molecule has 15 heteroatoms. The summed E-state index contributed by atoms with van der Waals surface area (Å²) in [5, 5.41) is 62.6. The Balaban J connectivity index is 1.52. The van der Waals surface area contributed by atoms with E-state index >= 15 is 0 Å². The molecule has 6 bridgehead atoms. The first-order chi connectivity index (χ1) is 24.8. The fraction of sp³-hybridized carbons (Fsp3) is 0.514. The molecule has 2 unspecified atom stereocenters. The number of β-amino-alcohol motifs (C(OH)–C–C–N with tert-alkyl or cyclic N) is 1. The van der Waals surface area contributed by atoms with Crippen LogP contribution in [-0.2, 0) is 30.3 Å². The fourth-order valence-electron chi connectivity index (χ4n) is 7.05. The second kappa shape index (κ2) is 17.2. The lowest BCUT2D eigenvalue weighted by Crippen LogP contribution is -2.67. The maximum Gasteiger partial charge on any atom is 0.336 e. The van der Waals surface area contributed by atoms with Gasteiger partial charge in [-0.2, -0.15) is 0 Å². The van der Waals surface area contributed by atoms with Gasteiger partial charge in [-0.15, -0.1) is 0 Å². The van der Waals surface area contributed by atoms with E-state index in [0.29, 0.717) is 50.0 Å². The zero-order valence-electron chi connectivity index (χ0n) is 28.8. The number of phenols is 1. The van der Waals surface area contributed by atoms with Gasteiger partial charge in [-0.05, 0) is 67.0 Å². The standard InChI is InChI=1S/C37H46ClN3O11/c1-20(42)40-30-28(43)17-37(36(49)50)12-4-7-21-6-2-8-22(14-21)27(41-35(48)24-10-5-13-51-19-24)11-3-9-23-15-25(16-26(38)31(23)45)34(47)39-18-29(44)32(46)33(30)52-37/h2,4,6-8,14-16,24,27-30,32-33,43-46H,3,5,9-13,17-19H2,1H3,(H,39,47)(H,40,42)(H,41,48)(H,49,50)/b7-4+/t24?,27?,28-,29+,30+,32+,33+,37+/m0/s1. The second-order valence-electron chi connectivity index (χ2n) is 13.8. The predicted molar refractivity (Wildman–Crippen MR) is 188 cm³/mol. The SMILES string of the molecule is CC(=O)N[C@H]1[C@H]2O[C@](C(=O)O)(C/C=C/c3cccc(c3)C(NC(=O)C3CCCOC3)CCCc3cc(cc(Cl)c3O)C(=O)NC[C@@H](O)[C@H]2O)C[C@@H]1O. The van der Waals surface area contributed by atoms with E-state index in [-0.39, 0.29) is 34.6 Å². The topological polar surface area (TPSA) is 224 Å². The lowest BCUT2D eigenvalue weighted by molar-refractivity contribution is -0.226. The van der Waals surface area contributed by atoms with E-state index in [0.717, 1.165) is 12.0 Å². The van der Waals surface area contributed by atoms with Crippen LogP contribution in [0.3, 0.4) is 0 Å². The molecule has 0 radical (unpaired) electrons. The van der Waals surface area contributed by atoms with Crippen LogP contribution in [0.25, 0.3) is 6.08 Å². The number of hydrogen-bond donors (Lipinski definition) is 8. The van der Waals surface area contributed by atoms with Gasteiger partial charge in [-0.1, -0.05) is 42.0 Å². The van der Waals surface area contributed by atoms with Crippen LogP contribution in [0.15, 0.2) is 42.5 Å². The average Bonchev–Trinajstić information content (AvgIpc) is 3.12. The Morgan fingerprint density at radius 2 is 1.83 bits per heavy atom. The van der Waals surface area contributed by atoms with E-state index in [9.17, 15) is 44.7 Å². The van der Waals surface area contributed by atoms with E-state index in [1.165, 1.54) is 19.1 Å². The van der Waals surface area contributed by atoms with Crippen molar-refractivity contribution < 1.29 is 54.2 Å². The number of ether oxygens (including phenoxy) is 2. The number of aryl methyl sites for hydroxylation is 1. The number of aromatic hydroxyl groups is 1. The molecule has 3 aliphatic rings. The minimum Gasteiger partial charge on any atom is -0.506 e. The number of rotatable bonds is 4. The molecule has 52 heavy (non-hydrogen) atoms. The van der Waals surface area contributed by atoms with E-state index in [1.807, 2.05) is 12.1 Å². The van der Waals surface area contributed by atoms with E-state index in [4.69, 9.17) is 21.1 Å². The molecule has 0 aromatic heterocycles. The summed E-state index contributed by atoms with van der Waals surface area (Å²) in [7, 11) is 0. The van der Waals surface area contributed by atoms with Gasteiger partial charge in [0.1, 0.15) is 18.0 Å². The number of benzene rings is 2. The molecule has 8 atom stereocenters. The third-order valence-electron chi connectivity index (χ3n) is 9.89. The number of carbonyl (C=O) groups excluding carboxylic acids is 3. The summed E-state index contributed by atoms with van der Waals surface area (Å²) < 4.78 is 11.5. The number of aliphatic carboxylic acids is 1. The number of aliphatic hydroxyl groups excluding tert-OH is 3. The Bertz CT molecular complexity index is 1670. The van der Waals surface area contributed by atoms with Crippen molar-refractivity contribution in [2.24, 2.45) is 5.92 Å². The van der Waals surface area contributed by atoms with Crippen molar-refractivity contribution in [1.29, 1.82) is 0 Å². The first-order valence-electron chi connectivity index (χ1n) is 17.4. The highest BCUT2D eigenvalue weighted by Gasteiger charge is 2.54. The zero-order valence-corrected chi connectivity index (χ0v) is 29.6. The van der Waals surface area contributed by atoms with Gasteiger partial charge in [0.15, 0.2) is 5.60 Å². The summed E-state index contributed by atoms with van der Waals surface area (Å²) in [5.74, 6) is -3.35. The summed E-state index contributed by atoms with van der Waals surface area (Å²) in [6.45, 7) is 1.58. The number of hydrogen-bond acceptors (Lipinski definition) is 10. The highest BCUT2D eigenvalue weighted by atomic mass is 35.5. The predicted octanol–water partition coefficient (Wildman–Crippen LogP) is 2.00. The maximum absolute atomic E-state index is 13.4. The quantitative estimate of drug-likeness (QED) is 0.226. The molecule has 2 fully saturated rings. The Kier molecular flexibility index (Phi) is 12.9. The number of carboxylic acids is 1. The van der Waals surface area contributed by atoms with Crippen LogP contribution in [0.5, 0.6) is 5.75 Å². The van der Waals surface area contributed by atoms with Gasteiger partial charge in [0.05, 0.1) is 41.8 Å². The first kappa shape index (κ1) is 39.2. The Morgan fingerprint density at radius 3 is 2.54 bits per heavy atom. The molecule has 5 rings (SSSR count). The van der Waals surface area contributed by atoms with Gasteiger partial charge in [0.2, 0.25) is 11.8 Å². The minimum absolute atomic E-state index is 0.0664. The van der Waals surface area contributed by atoms with E-state index in [2.05, 4.69) is 16.0 Å². The number of fused-ring (bicyclic) bond motifs is 6. The molecule has 3 amide bonds. The summed E-state index contributed by atoms with van der Waals surface area (Å²) in [6.07, 6.45) is -1.45. The summed E-state index contributed by atoms with van der Waals surface area (Å²) in [4.78, 5) is 51.4. The van der Waals surface area contributed by atoms with Crippen LogP contribution in [0, 0.1) is 5.92 Å². The van der Waals surface area contributed by atoms with Gasteiger partial charge in [0.25, 0.3) is 5.91 Å². The smallest absolute Gasteiger partial charge is 0.336 e. The highest BCUT2D eigenvalue weighted by Crippen LogP contribution is 2.36. The average molecular weight is 744 g/mol. The van der Waals surface area contributed by atoms with Crippen molar-refractivity contribution >= 4 is 41.4 Å². The number of phenolic OH excluding ortho intramolecular Hbond substituents is 1. The van der Waals surface area contributed by atoms with Gasteiger partial charge in [-0.25, -0.2) is 4.79 Å². The number of carboxylic acid groups (broad SMARTS) is 1. The summed E-state index contributed by atoms with van der Waals surface area (Å²) in [5.41, 5.74) is -0.143. The molecule has 8 N–H and O–H groups in total. The second-order valence-corrected chi connectivity index (χ2v) is 14.2. The number of nitrogens with one attached hydrogen (secondary N) is 3. The Hall–Kier alpha value is -4.05. The normalized spacial score (nSPS) is 30.9. The zero-order chi connectivity index (χ0) is 37.6. The third kappa shape index (κ3) is 9.29. The Morgan fingerprint density at radius 1 is 1.04 bits per heavy atom. The fourth-order valence-corrected chi connectivity index (χ4v) is 7.29. The molecule has 3 heterocycles. The number of amides is 3. The molecule has 3 aliphatic heterocycles. The van der Waals surface area contributed by atoms with Crippen LogP contribution in [0.1, 0.15) is 78.5 Å². The minimum atomic E-state index is -2.06. The Labute approximate surface area is 306 Å². The van der Waals surface area contributed by atoms with Crippen molar-refractivity contribution in [3.63, 3.8) is 0 Å². The molecule has 2 aromatic carbocycles. The van der Waals surface area contributed by atoms with Crippen molar-refractivity contribution in [3.05, 3.63) is 69.8 Å². The number of aliphatic hydroxyl groups is 3. The van der Waals surface area contributed by atoms with Crippen molar-refractivity contribution in [1.82, 2.24) is 16.0 Å². The van der Waals surface area contributed by atoms with E-state index in [1.54, 1.807) is 24.3 Å². The maximum atomic E-state index is 13.4. The number of halogens is 1. The van der Waals surface area contributed by atoms with Crippen LogP contribution in [0.2, 0.25) is 5.02 Å². The van der Waals surface area contributed by atoms with Gasteiger partial charge in [0, 0.05) is 38.5 Å². The first-order valence-corrected chi connectivity index (χ1v) is 17.8. The van der Waals surface area contributed by atoms with Crippen LogP contribution in [-0.4, -0.2) is 105 Å². The van der Waals surface area contributed by atoms with Crippen LogP contribution >= 0.6 is 11.6 Å². The molecule has 0 aliphatic carbocycles. The van der Waals surface area contributed by atoms with Crippen LogP contribution in [0.4, 0.5) is 0 Å². The van der Waals surface area contributed by atoms with E-state index < -0.39 is 72.8 Å². The molecule has 14 nitrogen and oxygen atoms in total. The molecular formula is C37H46ClN3O11. The molecule has 2 aromatic rings. The highest BCUT2D eigenvalue weighted by molar-refractivity contribution is 6.32. The van der Waals surface area contributed by atoms with Crippen LogP contribution < -0.4 is 16.0 Å². The third-order valence-corrected chi connectivity index (χ3v) is 10.2. The lowest BCUT2D eigenvalue weighted by atomic mass is 9.81. The van der Waals surface area contributed by atoms with Gasteiger partial charge >= 0.3 is 5.97 Å². The molecular weight excluding hydrogens is 698 g/mol. The monoisotopic (exact) mass is 743 g/mol. The molecule has 282 valence electrons. The van der Waals surface area contributed by atoms with Crippen molar-refractivity contribution in [3.8, 4) is 5.75 Å². The van der Waals surface area contributed by atoms with Crippen molar-refractivity contribution in [2.45, 2.75) is 94.0 Å².